The lowest BCUT2D eigenvalue weighted by atomic mass is 9.33. The van der Waals surface area contributed by atoms with Gasteiger partial charge in [0, 0.05) is 35.5 Å². The Morgan fingerprint density at radius 2 is 1.81 bits per heavy atom. The lowest BCUT2D eigenvalue weighted by Crippen LogP contribution is -2.83. The van der Waals surface area contributed by atoms with Gasteiger partial charge in [-0.25, -0.2) is 4.79 Å². The largest absolute Gasteiger partial charge is 0.482 e. The Kier molecular flexibility index (Phi) is 6.03. The van der Waals surface area contributed by atoms with Crippen LogP contribution >= 0.6 is 0 Å². The summed E-state index contributed by atoms with van der Waals surface area (Å²) in [5.74, 6) is -0.895. The van der Waals surface area contributed by atoms with Gasteiger partial charge in [-0.05, 0) is 62.6 Å². The lowest BCUT2D eigenvalue weighted by Gasteiger charge is -2.74. The molecule has 11 nitrogen and oxygen atoms in total. The molecule has 232 valence electrons. The molecule has 4 aliphatic carbocycles. The van der Waals surface area contributed by atoms with Gasteiger partial charge in [0.05, 0.1) is 5.60 Å². The van der Waals surface area contributed by atoms with Gasteiger partial charge in [0.2, 0.25) is 6.29 Å². The fourth-order valence-corrected chi connectivity index (χ4v) is 9.88. The molecule has 2 spiro atoms. The minimum atomic E-state index is -1.81. The standard InChI is InChI=1S/C31H43NO10/c1-27(2,3)28(4,38)16-13-29-8-9-31(16,39-5)26-30(29)10-11-32-17(29)12-14-6-7-15(22(42-26)18(14)30)40-25-21(35)19(33)20(34)23(41-25)24(36)37/h6-7,16-17,19-21,23,25-26,32-35,38H,8-13H2,1-5H3,(H,36,37). The number of hydrogen-bond donors (Lipinski definition) is 6. The Morgan fingerprint density at radius 1 is 1.07 bits per heavy atom. The molecule has 5 fully saturated rings. The molecule has 7 aliphatic rings. The normalized spacial score (nSPS) is 46.4. The molecule has 1 aromatic rings. The maximum absolute atomic E-state index is 12.2. The number of ether oxygens (including phenoxy) is 4. The second-order valence-corrected chi connectivity index (χ2v) is 14.7. The number of nitrogens with one attached hydrogen (secondary N) is 1. The number of aliphatic hydroxyl groups is 4. The molecule has 6 N–H and O–H groups in total. The Hall–Kier alpha value is -1.99. The van der Waals surface area contributed by atoms with E-state index in [2.05, 4.69) is 26.1 Å². The molecule has 3 heterocycles. The van der Waals surface area contributed by atoms with Crippen molar-refractivity contribution >= 4 is 5.97 Å². The summed E-state index contributed by atoms with van der Waals surface area (Å²) in [4.78, 5) is 11.7. The van der Waals surface area contributed by atoms with E-state index in [-0.39, 0.29) is 23.1 Å². The van der Waals surface area contributed by atoms with Crippen LogP contribution in [0.2, 0.25) is 0 Å². The molecular formula is C31H43NO10. The zero-order chi connectivity index (χ0) is 30.2. The number of benzene rings is 1. The first-order valence-electron chi connectivity index (χ1n) is 15.1. The lowest BCUT2D eigenvalue weighted by molar-refractivity contribution is -0.303. The number of carboxylic acids is 1. The molecule has 3 saturated carbocycles. The summed E-state index contributed by atoms with van der Waals surface area (Å²) in [6.45, 7) is 8.92. The highest BCUT2D eigenvalue weighted by molar-refractivity contribution is 5.73. The Bertz CT molecular complexity index is 1310. The highest BCUT2D eigenvalue weighted by atomic mass is 16.7. The summed E-state index contributed by atoms with van der Waals surface area (Å²) in [5, 5.41) is 56.8. The zero-order valence-corrected chi connectivity index (χ0v) is 24.8. The van der Waals surface area contributed by atoms with Crippen molar-refractivity contribution in [3.05, 3.63) is 23.3 Å². The molecule has 2 saturated heterocycles. The zero-order valence-electron chi connectivity index (χ0n) is 24.8. The van der Waals surface area contributed by atoms with E-state index >= 15 is 0 Å². The van der Waals surface area contributed by atoms with Gasteiger partial charge >= 0.3 is 5.97 Å². The highest BCUT2D eigenvalue weighted by Crippen LogP contribution is 2.77. The van der Waals surface area contributed by atoms with Crippen LogP contribution in [0.3, 0.4) is 0 Å². The fraction of sp³-hybridized carbons (Fsp3) is 0.774. The molecule has 42 heavy (non-hydrogen) atoms. The number of carbonyl (C=O) groups is 1. The van der Waals surface area contributed by atoms with Gasteiger partial charge in [0.1, 0.15) is 30.0 Å². The third-order valence-electron chi connectivity index (χ3n) is 12.4. The van der Waals surface area contributed by atoms with Crippen LogP contribution in [-0.2, 0) is 26.1 Å². The monoisotopic (exact) mass is 589 g/mol. The summed E-state index contributed by atoms with van der Waals surface area (Å²) in [6, 6.07) is 3.94. The van der Waals surface area contributed by atoms with E-state index in [1.54, 1.807) is 13.2 Å². The number of rotatable bonds is 5. The molecule has 1 aromatic carbocycles. The van der Waals surface area contributed by atoms with Crippen LogP contribution in [0.15, 0.2) is 12.1 Å². The molecule has 0 radical (unpaired) electrons. The Morgan fingerprint density at radius 3 is 2.48 bits per heavy atom. The maximum atomic E-state index is 12.2. The van der Waals surface area contributed by atoms with Crippen molar-refractivity contribution in [3.8, 4) is 11.5 Å². The molecule has 4 bridgehead atoms. The van der Waals surface area contributed by atoms with Gasteiger partial charge in [-0.15, -0.1) is 0 Å². The minimum Gasteiger partial charge on any atom is -0.482 e. The van der Waals surface area contributed by atoms with Gasteiger partial charge in [-0.1, -0.05) is 26.8 Å². The van der Waals surface area contributed by atoms with Crippen LogP contribution in [0.5, 0.6) is 11.5 Å². The number of hydrogen-bond acceptors (Lipinski definition) is 10. The summed E-state index contributed by atoms with van der Waals surface area (Å²) in [7, 11) is 1.72. The van der Waals surface area contributed by atoms with E-state index in [0.717, 1.165) is 49.8 Å². The van der Waals surface area contributed by atoms with Crippen LogP contribution in [0, 0.1) is 16.7 Å². The first kappa shape index (κ1) is 28.8. The number of aliphatic carboxylic acids is 1. The first-order valence-corrected chi connectivity index (χ1v) is 15.1. The predicted molar refractivity (Wildman–Crippen MR) is 147 cm³/mol. The number of methoxy groups -OCH3 is 1. The second-order valence-electron chi connectivity index (χ2n) is 14.7. The topological polar surface area (TPSA) is 167 Å². The van der Waals surface area contributed by atoms with Gasteiger partial charge < -0.3 is 49.8 Å². The van der Waals surface area contributed by atoms with Crippen LogP contribution in [0.25, 0.3) is 0 Å². The molecular weight excluding hydrogens is 546 g/mol. The van der Waals surface area contributed by atoms with Crippen molar-refractivity contribution in [2.24, 2.45) is 16.7 Å². The SMILES string of the molecule is COC12CCC3(CC1C(C)(O)C(C)(C)C)C1Cc4ccc(OC5OC(C(=O)O)C(O)C(O)C5O)c5c4C3(CCN1)C2O5. The van der Waals surface area contributed by atoms with Crippen LogP contribution in [0.4, 0.5) is 0 Å². The summed E-state index contributed by atoms with van der Waals surface area (Å²) in [6.07, 6.45) is -4.97. The van der Waals surface area contributed by atoms with E-state index in [0.29, 0.717) is 5.75 Å². The first-order chi connectivity index (χ1) is 19.7. The maximum Gasteiger partial charge on any atom is 0.335 e. The van der Waals surface area contributed by atoms with Crippen molar-refractivity contribution in [1.82, 2.24) is 5.32 Å². The van der Waals surface area contributed by atoms with E-state index in [1.165, 1.54) is 0 Å². The van der Waals surface area contributed by atoms with E-state index in [9.17, 15) is 30.3 Å². The van der Waals surface area contributed by atoms with Crippen molar-refractivity contribution in [3.63, 3.8) is 0 Å². The smallest absolute Gasteiger partial charge is 0.335 e. The van der Waals surface area contributed by atoms with Crippen LogP contribution in [-0.4, -0.2) is 99.2 Å². The Labute approximate surface area is 245 Å². The van der Waals surface area contributed by atoms with Crippen LogP contribution in [0.1, 0.15) is 64.5 Å². The number of piperidine rings is 1. The molecule has 0 amide bonds. The van der Waals surface area contributed by atoms with E-state index < -0.39 is 64.8 Å². The summed E-state index contributed by atoms with van der Waals surface area (Å²) in [5.41, 5.74) is -0.637. The van der Waals surface area contributed by atoms with Gasteiger partial charge in [-0.2, -0.15) is 0 Å². The molecule has 0 aromatic heterocycles. The fourth-order valence-electron chi connectivity index (χ4n) is 9.88. The van der Waals surface area contributed by atoms with E-state index in [4.69, 9.17) is 18.9 Å². The minimum absolute atomic E-state index is 0.192. The second kappa shape index (κ2) is 8.80. The predicted octanol–water partition coefficient (Wildman–Crippen LogP) is 0.857. The van der Waals surface area contributed by atoms with E-state index in [1.807, 2.05) is 13.0 Å². The van der Waals surface area contributed by atoms with Crippen LogP contribution < -0.4 is 14.8 Å². The average Bonchev–Trinajstić information content (AvgIpc) is 3.30. The number of carboxylic acid groups (broad SMARTS) is 1. The number of aliphatic hydroxyl groups excluding tert-OH is 3. The van der Waals surface area contributed by atoms with Crippen molar-refractivity contribution in [2.75, 3.05) is 13.7 Å². The molecule has 3 aliphatic heterocycles. The Balaban J connectivity index is 1.36. The molecule has 12 atom stereocenters. The average molecular weight is 590 g/mol. The van der Waals surface area contributed by atoms with Crippen molar-refractivity contribution in [2.45, 2.75) is 119 Å². The quantitative estimate of drug-likeness (QED) is 0.288. The highest BCUT2D eigenvalue weighted by Gasteiger charge is 2.81. The van der Waals surface area contributed by atoms with Crippen molar-refractivity contribution < 1.29 is 49.3 Å². The summed E-state index contributed by atoms with van der Waals surface area (Å²) < 4.78 is 25.1. The van der Waals surface area contributed by atoms with Gasteiger partial charge in [0.25, 0.3) is 0 Å². The molecule has 8 rings (SSSR count). The van der Waals surface area contributed by atoms with Crippen molar-refractivity contribution in [1.29, 1.82) is 0 Å². The molecule has 11 heteroatoms. The number of fused-ring (bicyclic) bond motifs is 2. The third kappa shape index (κ3) is 3.23. The molecule has 12 unspecified atom stereocenters. The summed E-state index contributed by atoms with van der Waals surface area (Å²) >= 11 is 0. The third-order valence-corrected chi connectivity index (χ3v) is 12.4. The van der Waals surface area contributed by atoms with Gasteiger partial charge in [0.15, 0.2) is 17.6 Å². The van der Waals surface area contributed by atoms with Gasteiger partial charge in [-0.3, -0.25) is 0 Å².